The number of ether oxygens (including phenoxy) is 3. The largest absolute Gasteiger partial charge is 0.496 e. The minimum atomic E-state index is -0.894. The zero-order valence-corrected chi connectivity index (χ0v) is 25.2. The van der Waals surface area contributed by atoms with Gasteiger partial charge in [-0.05, 0) is 48.0 Å². The van der Waals surface area contributed by atoms with Crippen molar-refractivity contribution in [1.82, 2.24) is 4.57 Å². The predicted octanol–water partition coefficient (Wildman–Crippen LogP) is 5.76. The average Bonchev–Trinajstić information content (AvgIpc) is 3.34. The molecule has 9 heteroatoms. The quantitative estimate of drug-likeness (QED) is 0.219. The number of carbonyl (C=O) groups is 1. The number of esters is 1. The molecule has 0 N–H and O–H groups in total. The van der Waals surface area contributed by atoms with Crippen molar-refractivity contribution in [2.45, 2.75) is 13.0 Å². The highest BCUT2D eigenvalue weighted by atomic mass is 35.5. The number of thiazole rings is 1. The van der Waals surface area contributed by atoms with Crippen LogP contribution in [0.25, 0.3) is 22.5 Å². The van der Waals surface area contributed by atoms with Crippen LogP contribution in [0.15, 0.2) is 100 Å². The third-order valence-electron chi connectivity index (χ3n) is 7.28. The van der Waals surface area contributed by atoms with Crippen LogP contribution < -0.4 is 24.4 Å². The van der Waals surface area contributed by atoms with Gasteiger partial charge in [0.25, 0.3) is 5.56 Å². The molecule has 0 amide bonds. The van der Waals surface area contributed by atoms with Crippen LogP contribution in [0.1, 0.15) is 29.7 Å². The molecule has 5 aromatic rings. The Morgan fingerprint density at radius 2 is 1.70 bits per heavy atom. The average molecular weight is 611 g/mol. The van der Waals surface area contributed by atoms with Gasteiger partial charge in [0.05, 0.1) is 36.6 Å². The van der Waals surface area contributed by atoms with E-state index < -0.39 is 12.0 Å². The first-order valence-electron chi connectivity index (χ1n) is 13.6. The summed E-state index contributed by atoms with van der Waals surface area (Å²) < 4.78 is 19.0. The molecule has 0 bridgehead atoms. The summed E-state index contributed by atoms with van der Waals surface area (Å²) in [6.45, 7) is 1.91. The van der Waals surface area contributed by atoms with E-state index in [4.69, 9.17) is 30.8 Å². The summed E-state index contributed by atoms with van der Waals surface area (Å²) in [7, 11) is 3.14. The molecule has 1 aliphatic heterocycles. The Morgan fingerprint density at radius 1 is 0.977 bits per heavy atom. The van der Waals surface area contributed by atoms with Crippen LogP contribution in [0.5, 0.6) is 11.5 Å². The molecule has 6 rings (SSSR count). The van der Waals surface area contributed by atoms with Crippen LogP contribution in [0.2, 0.25) is 5.02 Å². The van der Waals surface area contributed by atoms with Gasteiger partial charge in [-0.2, -0.15) is 0 Å². The van der Waals surface area contributed by atoms with Gasteiger partial charge in [-0.1, -0.05) is 83.6 Å². The molecule has 7 nitrogen and oxygen atoms in total. The number of hydrogen-bond acceptors (Lipinski definition) is 7. The van der Waals surface area contributed by atoms with Crippen molar-refractivity contribution in [2.75, 3.05) is 20.8 Å². The molecule has 0 unspecified atom stereocenters. The van der Waals surface area contributed by atoms with E-state index in [0.29, 0.717) is 42.7 Å². The first-order chi connectivity index (χ1) is 20.9. The number of carbonyl (C=O) groups excluding carboxylic acids is 1. The molecule has 0 saturated heterocycles. The van der Waals surface area contributed by atoms with Crippen molar-refractivity contribution in [3.8, 4) is 11.5 Å². The van der Waals surface area contributed by atoms with Crippen molar-refractivity contribution in [3.05, 3.63) is 132 Å². The molecule has 43 heavy (non-hydrogen) atoms. The number of aromatic nitrogens is 1. The predicted molar refractivity (Wildman–Crippen MR) is 170 cm³/mol. The standard InChI is InChI=1S/C34H27ClN2O5S/c1-4-42-33(39)29-30(21-11-6-5-7-12-21)36-34-37(31(29)28-24-13-9-8-10-20(24)14-16-26(28)41-3)32(38)27(43-34)19-22-18-23(35)15-17-25(22)40-2/h5-19,31H,4H2,1-3H3/b27-19-/t31-/m0/s1. The number of benzene rings is 4. The van der Waals surface area contributed by atoms with Gasteiger partial charge in [0.1, 0.15) is 17.5 Å². The van der Waals surface area contributed by atoms with Gasteiger partial charge in [-0.25, -0.2) is 9.79 Å². The van der Waals surface area contributed by atoms with Gasteiger partial charge in [-0.3, -0.25) is 9.36 Å². The zero-order valence-electron chi connectivity index (χ0n) is 23.7. The Kier molecular flexibility index (Phi) is 7.88. The van der Waals surface area contributed by atoms with Gasteiger partial charge < -0.3 is 14.2 Å². The number of nitrogens with zero attached hydrogens (tertiary/aromatic N) is 2. The minimum Gasteiger partial charge on any atom is -0.496 e. The van der Waals surface area contributed by atoms with Gasteiger partial charge >= 0.3 is 5.97 Å². The van der Waals surface area contributed by atoms with Crippen molar-refractivity contribution >= 4 is 51.5 Å². The normalized spacial score (nSPS) is 14.8. The van der Waals surface area contributed by atoms with Crippen LogP contribution in [0.3, 0.4) is 0 Å². The number of fused-ring (bicyclic) bond motifs is 2. The fraction of sp³-hybridized carbons (Fsp3) is 0.147. The molecule has 1 aliphatic rings. The van der Waals surface area contributed by atoms with Crippen molar-refractivity contribution in [2.24, 2.45) is 4.99 Å². The van der Waals surface area contributed by atoms with Crippen molar-refractivity contribution in [3.63, 3.8) is 0 Å². The first kappa shape index (κ1) is 28.5. The number of methoxy groups -OCH3 is 2. The van der Waals surface area contributed by atoms with E-state index in [1.807, 2.05) is 66.7 Å². The third kappa shape index (κ3) is 5.13. The minimum absolute atomic E-state index is 0.156. The lowest BCUT2D eigenvalue weighted by atomic mass is 9.89. The van der Waals surface area contributed by atoms with Crippen molar-refractivity contribution < 1.29 is 19.0 Å². The first-order valence-corrected chi connectivity index (χ1v) is 14.8. The second-order valence-electron chi connectivity index (χ2n) is 9.72. The molecule has 0 fully saturated rings. The van der Waals surface area contributed by atoms with Crippen molar-refractivity contribution in [1.29, 1.82) is 0 Å². The molecular weight excluding hydrogens is 584 g/mol. The summed E-state index contributed by atoms with van der Waals surface area (Å²) in [5.74, 6) is 0.543. The van der Waals surface area contributed by atoms with E-state index in [-0.39, 0.29) is 17.7 Å². The maximum absolute atomic E-state index is 14.4. The third-order valence-corrected chi connectivity index (χ3v) is 8.49. The Balaban J connectivity index is 1.75. The SMILES string of the molecule is CCOC(=O)C1=C(c2ccccc2)N=c2s/c(=C\c3cc(Cl)ccc3OC)c(=O)n2[C@H]1c1c(OC)ccc2ccccc12. The van der Waals surface area contributed by atoms with E-state index in [2.05, 4.69) is 0 Å². The Hall–Kier alpha value is -4.66. The molecular formula is C34H27ClN2O5S. The molecule has 216 valence electrons. The van der Waals surface area contributed by atoms with Gasteiger partial charge in [0, 0.05) is 21.7 Å². The van der Waals surface area contributed by atoms with Crippen LogP contribution >= 0.6 is 22.9 Å². The van der Waals surface area contributed by atoms with E-state index in [1.165, 1.54) is 11.3 Å². The topological polar surface area (TPSA) is 79.1 Å². The number of hydrogen-bond donors (Lipinski definition) is 0. The second kappa shape index (κ2) is 11.9. The fourth-order valence-electron chi connectivity index (χ4n) is 5.41. The number of rotatable bonds is 7. The Labute approximate surface area is 256 Å². The number of halogens is 1. The summed E-state index contributed by atoms with van der Waals surface area (Å²) in [4.78, 5) is 33.7. The Bertz CT molecular complexity index is 2080. The zero-order chi connectivity index (χ0) is 30.1. The summed E-state index contributed by atoms with van der Waals surface area (Å²) in [5.41, 5.74) is 2.41. The van der Waals surface area contributed by atoms with E-state index >= 15 is 0 Å². The molecule has 4 aromatic carbocycles. The van der Waals surface area contributed by atoms with Gasteiger partial charge in [0.15, 0.2) is 4.80 Å². The van der Waals surface area contributed by atoms with Gasteiger partial charge in [0.2, 0.25) is 0 Å². The molecule has 0 radical (unpaired) electrons. The lowest BCUT2D eigenvalue weighted by Gasteiger charge is -2.28. The summed E-state index contributed by atoms with van der Waals surface area (Å²) in [6, 6.07) is 25.4. The summed E-state index contributed by atoms with van der Waals surface area (Å²) >= 11 is 7.52. The van der Waals surface area contributed by atoms with Crippen LogP contribution in [0.4, 0.5) is 0 Å². The lowest BCUT2D eigenvalue weighted by molar-refractivity contribution is -0.138. The monoisotopic (exact) mass is 610 g/mol. The maximum atomic E-state index is 14.4. The lowest BCUT2D eigenvalue weighted by Crippen LogP contribution is -2.40. The highest BCUT2D eigenvalue weighted by Gasteiger charge is 2.37. The maximum Gasteiger partial charge on any atom is 0.338 e. The van der Waals surface area contributed by atoms with Crippen LogP contribution in [0, 0.1) is 0 Å². The van der Waals surface area contributed by atoms with Crippen LogP contribution in [-0.4, -0.2) is 31.4 Å². The van der Waals surface area contributed by atoms with Crippen LogP contribution in [-0.2, 0) is 9.53 Å². The van der Waals surface area contributed by atoms with E-state index in [1.54, 1.807) is 50.0 Å². The van der Waals surface area contributed by atoms with Gasteiger partial charge in [-0.15, -0.1) is 0 Å². The summed E-state index contributed by atoms with van der Waals surface area (Å²) in [6.07, 6.45) is 1.74. The smallest absolute Gasteiger partial charge is 0.338 e. The Morgan fingerprint density at radius 3 is 2.44 bits per heavy atom. The second-order valence-corrected chi connectivity index (χ2v) is 11.2. The van der Waals surface area contributed by atoms with E-state index in [0.717, 1.165) is 16.3 Å². The highest BCUT2D eigenvalue weighted by Crippen LogP contribution is 2.42. The fourth-order valence-corrected chi connectivity index (χ4v) is 6.58. The molecule has 1 aromatic heterocycles. The highest BCUT2D eigenvalue weighted by molar-refractivity contribution is 7.07. The van der Waals surface area contributed by atoms with E-state index in [9.17, 15) is 9.59 Å². The molecule has 0 spiro atoms. The molecule has 0 saturated carbocycles. The molecule has 1 atom stereocenters. The molecule has 0 aliphatic carbocycles. The molecule has 2 heterocycles. The summed E-state index contributed by atoms with van der Waals surface area (Å²) in [5, 5.41) is 2.29.